The minimum absolute atomic E-state index is 0.00723. The lowest BCUT2D eigenvalue weighted by Crippen LogP contribution is -2.62. The van der Waals surface area contributed by atoms with Gasteiger partial charge in [0.2, 0.25) is 5.91 Å². The molecule has 5 heterocycles. The number of methoxy groups -OCH3 is 2. The molecular formula is C57H83Cl2N5O16. The standard InChI is InChI=1S/C57H83Cl2N5O16/c1-14-45-57(8)51(64(55(71)80-57)18-15-21-75-44-25-37(16-17-43(44)72-12)42(65)26-38-39(58)28-60-29-40(38)59)34(4)48(68)32(2)27-56(7,73-13)52(79-54-49(69)41(24-33(3)76-54)62(11)46(66)30-61(9)10)35(5)50(36(6)53(70)77-45)78-47(67)31-63-19-22-74-23-20-63/h16-17,25,28-29,32-36,41,45,49-52,54,69H,14-15,18-24,26-27,30-31H2,1-13H3/t32-,33-,34+,35+,36-,41+,45-,49-,50+,51-,52-,54+,56-,57-/m1/s1. The number of ketones is 2. The second-order valence-electron chi connectivity index (χ2n) is 22.5. The highest BCUT2D eigenvalue weighted by Crippen LogP contribution is 2.44. The van der Waals surface area contributed by atoms with E-state index in [1.165, 1.54) is 36.4 Å². The lowest BCUT2D eigenvalue weighted by Gasteiger charge is -2.48. The number of amides is 2. The first-order valence-electron chi connectivity index (χ1n) is 27.6. The number of fused-ring (bicyclic) bond motifs is 1. The van der Waals surface area contributed by atoms with E-state index < -0.39 is 102 Å². The van der Waals surface area contributed by atoms with Gasteiger partial charge in [0.05, 0.1) is 85.9 Å². The summed E-state index contributed by atoms with van der Waals surface area (Å²) in [5.74, 6) is -5.36. The third kappa shape index (κ3) is 14.9. The first kappa shape index (κ1) is 64.5. The number of halogens is 2. The summed E-state index contributed by atoms with van der Waals surface area (Å²) in [5.41, 5.74) is -2.26. The highest BCUT2D eigenvalue weighted by molar-refractivity contribution is 6.36. The number of nitrogens with zero attached hydrogens (tertiary/aromatic N) is 5. The number of carbonyl (C=O) groups is 6. The van der Waals surface area contributed by atoms with Gasteiger partial charge in [0.1, 0.15) is 24.1 Å². The van der Waals surface area contributed by atoms with E-state index in [-0.39, 0.29) is 85.2 Å². The lowest BCUT2D eigenvalue weighted by atomic mass is 9.73. The Morgan fingerprint density at radius 3 is 2.25 bits per heavy atom. The Morgan fingerprint density at radius 1 is 0.950 bits per heavy atom. The van der Waals surface area contributed by atoms with Gasteiger partial charge in [-0.25, -0.2) is 4.79 Å². The molecule has 80 heavy (non-hydrogen) atoms. The SMILES string of the molecule is CC[C@H]1OC(=O)[C@H](C)[C@@H](OC(=O)CN2CCOCC2)[C@H](C)[C@@H](O[C@@H]2O[C@H](C)C[C@H](N(C)C(=O)CN(C)C)[C@H]2O)[C@](C)(OC)C[C@@H](C)C(=O)[C@H](C)[C@H]2N(CCCOc3cc(C(=O)Cc4c(Cl)cncc4Cl)ccc3OC)C(=O)O[C@]12C. The lowest BCUT2D eigenvalue weighted by molar-refractivity contribution is -0.301. The van der Waals surface area contributed by atoms with Gasteiger partial charge < -0.3 is 62.4 Å². The fourth-order valence-electron chi connectivity index (χ4n) is 11.9. The molecule has 21 nitrogen and oxygen atoms in total. The molecule has 0 bridgehead atoms. The molecule has 446 valence electrons. The van der Waals surface area contributed by atoms with Crippen LogP contribution in [0.2, 0.25) is 10.0 Å². The number of cyclic esters (lactones) is 1. The number of benzene rings is 1. The molecule has 0 radical (unpaired) electrons. The van der Waals surface area contributed by atoms with Gasteiger partial charge >= 0.3 is 18.0 Å². The van der Waals surface area contributed by atoms with E-state index in [1.807, 2.05) is 11.8 Å². The van der Waals surface area contributed by atoms with Crippen LogP contribution >= 0.6 is 23.2 Å². The van der Waals surface area contributed by atoms with E-state index in [9.17, 15) is 29.1 Å². The van der Waals surface area contributed by atoms with E-state index in [4.69, 9.17) is 65.8 Å². The van der Waals surface area contributed by atoms with Gasteiger partial charge in [0.15, 0.2) is 29.2 Å². The maximum absolute atomic E-state index is 15.3. The van der Waals surface area contributed by atoms with E-state index in [0.29, 0.717) is 49.6 Å². The minimum Gasteiger partial charge on any atom is -0.493 e. The fourth-order valence-corrected chi connectivity index (χ4v) is 12.4. The molecule has 2 aromatic rings. The highest BCUT2D eigenvalue weighted by Gasteiger charge is 2.60. The van der Waals surface area contributed by atoms with Crippen LogP contribution in [-0.4, -0.2) is 213 Å². The van der Waals surface area contributed by atoms with Crippen molar-refractivity contribution in [3.05, 3.63) is 51.8 Å². The monoisotopic (exact) mass is 1160 g/mol. The number of hydrogen-bond acceptors (Lipinski definition) is 19. The summed E-state index contributed by atoms with van der Waals surface area (Å²) in [4.78, 5) is 96.1. The number of aliphatic hydroxyl groups is 1. The maximum Gasteiger partial charge on any atom is 0.410 e. The third-order valence-corrected chi connectivity index (χ3v) is 17.0. The second-order valence-corrected chi connectivity index (χ2v) is 23.3. The van der Waals surface area contributed by atoms with Crippen molar-refractivity contribution in [2.24, 2.45) is 23.7 Å². The topological polar surface area (TPSA) is 232 Å². The molecule has 23 heteroatoms. The molecule has 14 atom stereocenters. The molecule has 1 aromatic heterocycles. The van der Waals surface area contributed by atoms with Crippen LogP contribution in [0.3, 0.4) is 0 Å². The number of carbonyl (C=O) groups excluding carboxylic acids is 6. The summed E-state index contributed by atoms with van der Waals surface area (Å²) in [6.45, 7) is 15.7. The van der Waals surface area contributed by atoms with Gasteiger partial charge in [-0.3, -0.25) is 33.9 Å². The van der Waals surface area contributed by atoms with Crippen molar-refractivity contribution in [3.63, 3.8) is 0 Å². The third-order valence-electron chi connectivity index (χ3n) is 16.3. The Hall–Kier alpha value is -4.71. The number of morpholine rings is 1. The number of rotatable bonds is 19. The maximum atomic E-state index is 15.3. The molecule has 6 rings (SSSR count). The molecule has 4 aliphatic heterocycles. The Morgan fingerprint density at radius 2 is 1.62 bits per heavy atom. The Balaban J connectivity index is 1.33. The fraction of sp³-hybridized carbons (Fsp3) is 0.702. The number of esters is 2. The van der Waals surface area contributed by atoms with Crippen molar-refractivity contribution in [1.29, 1.82) is 0 Å². The molecule has 0 saturated carbocycles. The van der Waals surface area contributed by atoms with Gasteiger partial charge in [-0.1, -0.05) is 50.9 Å². The zero-order valence-corrected chi connectivity index (χ0v) is 50.1. The van der Waals surface area contributed by atoms with Gasteiger partial charge in [-0.15, -0.1) is 0 Å². The normalized spacial score (nSPS) is 31.9. The van der Waals surface area contributed by atoms with Crippen LogP contribution in [0, 0.1) is 23.7 Å². The average Bonchev–Trinajstić information content (AvgIpc) is 3.96. The van der Waals surface area contributed by atoms with Gasteiger partial charge in [0, 0.05) is 81.5 Å². The van der Waals surface area contributed by atoms with Crippen LogP contribution in [0.5, 0.6) is 11.5 Å². The van der Waals surface area contributed by atoms with Crippen molar-refractivity contribution in [1.82, 2.24) is 24.6 Å². The van der Waals surface area contributed by atoms with Gasteiger partial charge in [0.25, 0.3) is 0 Å². The molecule has 4 fully saturated rings. The summed E-state index contributed by atoms with van der Waals surface area (Å²) in [6, 6.07) is 3.06. The van der Waals surface area contributed by atoms with E-state index >= 15 is 4.79 Å². The first-order chi connectivity index (χ1) is 37.8. The summed E-state index contributed by atoms with van der Waals surface area (Å²) in [5, 5.41) is 12.6. The van der Waals surface area contributed by atoms with Crippen LogP contribution in [0.4, 0.5) is 4.79 Å². The molecule has 1 N–H and O–H groups in total. The number of aromatic nitrogens is 1. The van der Waals surface area contributed by atoms with E-state index in [1.54, 1.807) is 92.7 Å². The summed E-state index contributed by atoms with van der Waals surface area (Å²) in [7, 11) is 8.11. The smallest absolute Gasteiger partial charge is 0.410 e. The Bertz CT molecular complexity index is 2480. The van der Waals surface area contributed by atoms with Gasteiger partial charge in [-0.05, 0) is 85.7 Å². The van der Waals surface area contributed by atoms with Crippen LogP contribution in [0.25, 0.3) is 0 Å². The van der Waals surface area contributed by atoms with Crippen molar-refractivity contribution < 1.29 is 76.5 Å². The van der Waals surface area contributed by atoms with Gasteiger partial charge in [-0.2, -0.15) is 0 Å². The zero-order chi connectivity index (χ0) is 59.0. The highest BCUT2D eigenvalue weighted by atomic mass is 35.5. The largest absolute Gasteiger partial charge is 0.493 e. The molecule has 1 aromatic carbocycles. The van der Waals surface area contributed by atoms with Crippen LogP contribution in [0.1, 0.15) is 97.0 Å². The van der Waals surface area contributed by atoms with Crippen molar-refractivity contribution in [2.45, 2.75) is 148 Å². The Labute approximate surface area is 480 Å². The number of pyridine rings is 1. The quantitative estimate of drug-likeness (QED) is 0.0743. The zero-order valence-electron chi connectivity index (χ0n) is 48.6. The molecular weight excluding hydrogens is 1080 g/mol. The first-order valence-corrected chi connectivity index (χ1v) is 28.3. The number of hydrogen-bond donors (Lipinski definition) is 1. The van der Waals surface area contributed by atoms with Crippen LogP contribution in [-0.2, 0) is 58.8 Å². The average molecular weight is 1170 g/mol. The van der Waals surface area contributed by atoms with E-state index in [0.717, 1.165) is 0 Å². The second kappa shape index (κ2) is 28.0. The molecule has 0 aliphatic carbocycles. The number of aliphatic hydroxyl groups excluding tert-OH is 1. The van der Waals surface area contributed by atoms with Crippen LogP contribution < -0.4 is 9.47 Å². The van der Waals surface area contributed by atoms with Crippen LogP contribution in [0.15, 0.2) is 30.6 Å². The number of likely N-dealkylation sites (N-methyl/N-ethyl adjacent to an activating group) is 2. The molecule has 0 unspecified atom stereocenters. The molecule has 4 aliphatic rings. The minimum atomic E-state index is -1.58. The number of Topliss-reactive ketones (excluding diaryl/α,β-unsaturated/α-hetero) is 2. The van der Waals surface area contributed by atoms with Crippen molar-refractivity contribution in [2.75, 3.05) is 87.9 Å². The van der Waals surface area contributed by atoms with Crippen molar-refractivity contribution in [3.8, 4) is 11.5 Å². The predicted molar refractivity (Wildman–Crippen MR) is 295 cm³/mol. The van der Waals surface area contributed by atoms with E-state index in [2.05, 4.69) is 4.98 Å². The summed E-state index contributed by atoms with van der Waals surface area (Å²) in [6.07, 6.45) is -4.06. The predicted octanol–water partition coefficient (Wildman–Crippen LogP) is 5.93. The summed E-state index contributed by atoms with van der Waals surface area (Å²) < 4.78 is 56.1. The molecule has 2 amide bonds. The number of ether oxygens (including phenoxy) is 9. The van der Waals surface area contributed by atoms with Crippen molar-refractivity contribution >= 4 is 58.7 Å². The molecule has 0 spiro atoms. The Kier molecular flexibility index (Phi) is 22.6. The summed E-state index contributed by atoms with van der Waals surface area (Å²) >= 11 is 12.6. The molecule has 4 saturated heterocycles.